The first-order valence-electron chi connectivity index (χ1n) is 9.00. The molecule has 136 valence electrons. The fourth-order valence-corrected chi connectivity index (χ4v) is 3.51. The molecule has 0 spiro atoms. The molecule has 0 aromatic heterocycles. The summed E-state index contributed by atoms with van der Waals surface area (Å²) in [6.45, 7) is 5.36. The summed E-state index contributed by atoms with van der Waals surface area (Å²) in [7, 11) is 3.66. The van der Waals surface area contributed by atoms with Crippen LogP contribution in [0.5, 0.6) is 0 Å². The third-order valence-corrected chi connectivity index (χ3v) is 5.05. The van der Waals surface area contributed by atoms with Gasteiger partial charge in [-0.3, -0.25) is 4.99 Å². The summed E-state index contributed by atoms with van der Waals surface area (Å²) in [6.07, 6.45) is 9.24. The molecule has 1 aliphatic heterocycles. The van der Waals surface area contributed by atoms with Crippen LogP contribution in [0.1, 0.15) is 44.9 Å². The lowest BCUT2D eigenvalue weighted by Crippen LogP contribution is -2.46. The van der Waals surface area contributed by atoms with Crippen LogP contribution in [0.3, 0.4) is 0 Å². The Hall–Kier alpha value is -0.0800. The van der Waals surface area contributed by atoms with Crippen LogP contribution >= 0.6 is 24.0 Å². The zero-order valence-electron chi connectivity index (χ0n) is 14.9. The number of halogens is 1. The van der Waals surface area contributed by atoms with Crippen LogP contribution in [0, 0.1) is 5.92 Å². The monoisotopic (exact) mass is 438 g/mol. The number of piperidine rings is 1. The van der Waals surface area contributed by atoms with Crippen molar-refractivity contribution < 1.29 is 4.74 Å². The molecule has 0 bridgehead atoms. The Morgan fingerprint density at radius 1 is 1.13 bits per heavy atom. The summed E-state index contributed by atoms with van der Waals surface area (Å²) < 4.78 is 5.16. The summed E-state index contributed by atoms with van der Waals surface area (Å²) in [5.41, 5.74) is 0. The first-order chi connectivity index (χ1) is 10.8. The van der Waals surface area contributed by atoms with Crippen molar-refractivity contribution in [2.24, 2.45) is 10.9 Å². The number of methoxy groups -OCH3 is 1. The molecule has 1 aliphatic carbocycles. The predicted octanol–water partition coefficient (Wildman–Crippen LogP) is 2.46. The molecule has 2 rings (SSSR count). The van der Waals surface area contributed by atoms with Gasteiger partial charge in [-0.25, -0.2) is 0 Å². The number of nitrogens with zero attached hydrogens (tertiary/aromatic N) is 2. The number of guanidine groups is 1. The van der Waals surface area contributed by atoms with Gasteiger partial charge < -0.3 is 20.3 Å². The third-order valence-electron chi connectivity index (χ3n) is 5.05. The minimum Gasteiger partial charge on any atom is -0.383 e. The highest BCUT2D eigenvalue weighted by Gasteiger charge is 2.20. The Balaban J connectivity index is 0.00000264. The number of hydrogen-bond donors (Lipinski definition) is 2. The summed E-state index contributed by atoms with van der Waals surface area (Å²) in [5.74, 6) is 1.76. The van der Waals surface area contributed by atoms with E-state index in [4.69, 9.17) is 4.74 Å². The van der Waals surface area contributed by atoms with Crippen LogP contribution in [0.25, 0.3) is 0 Å². The normalized spacial score (nSPS) is 21.7. The van der Waals surface area contributed by atoms with Gasteiger partial charge in [0.25, 0.3) is 0 Å². The molecule has 1 heterocycles. The lowest BCUT2D eigenvalue weighted by Gasteiger charge is -2.32. The van der Waals surface area contributed by atoms with Gasteiger partial charge in [-0.1, -0.05) is 19.3 Å². The number of nitrogens with one attached hydrogen (secondary N) is 2. The Kier molecular flexibility index (Phi) is 11.2. The van der Waals surface area contributed by atoms with E-state index in [0.29, 0.717) is 6.04 Å². The molecule has 23 heavy (non-hydrogen) atoms. The number of rotatable bonds is 6. The smallest absolute Gasteiger partial charge is 0.191 e. The Morgan fingerprint density at radius 2 is 1.83 bits per heavy atom. The largest absolute Gasteiger partial charge is 0.383 e. The van der Waals surface area contributed by atoms with E-state index in [-0.39, 0.29) is 24.0 Å². The van der Waals surface area contributed by atoms with Crippen molar-refractivity contribution in [3.05, 3.63) is 0 Å². The van der Waals surface area contributed by atoms with Crippen LogP contribution < -0.4 is 10.6 Å². The fraction of sp³-hybridized carbons (Fsp3) is 0.941. The lowest BCUT2D eigenvalue weighted by atomic mass is 9.95. The second-order valence-corrected chi connectivity index (χ2v) is 6.71. The highest BCUT2D eigenvalue weighted by molar-refractivity contribution is 14.0. The van der Waals surface area contributed by atoms with E-state index in [1.54, 1.807) is 7.11 Å². The number of likely N-dealkylation sites (tertiary alicyclic amines) is 1. The maximum Gasteiger partial charge on any atom is 0.191 e. The molecule has 0 unspecified atom stereocenters. The maximum atomic E-state index is 5.16. The van der Waals surface area contributed by atoms with Gasteiger partial charge in [-0.15, -0.1) is 24.0 Å². The van der Waals surface area contributed by atoms with Gasteiger partial charge in [0.1, 0.15) is 0 Å². The van der Waals surface area contributed by atoms with Crippen molar-refractivity contribution in [2.75, 3.05) is 46.9 Å². The van der Waals surface area contributed by atoms with Crippen LogP contribution in [0.2, 0.25) is 0 Å². The first kappa shape index (κ1) is 21.0. The van der Waals surface area contributed by atoms with Crippen LogP contribution in [0.15, 0.2) is 4.99 Å². The van der Waals surface area contributed by atoms with Crippen molar-refractivity contribution in [1.29, 1.82) is 0 Å². The van der Waals surface area contributed by atoms with Gasteiger partial charge >= 0.3 is 0 Å². The first-order valence-corrected chi connectivity index (χ1v) is 9.00. The molecule has 2 fully saturated rings. The third kappa shape index (κ3) is 8.03. The summed E-state index contributed by atoms with van der Waals surface area (Å²) in [5, 5.41) is 7.13. The Bertz CT molecular complexity index is 327. The molecular weight excluding hydrogens is 403 g/mol. The van der Waals surface area contributed by atoms with E-state index in [0.717, 1.165) is 31.6 Å². The van der Waals surface area contributed by atoms with E-state index in [2.05, 4.69) is 20.5 Å². The van der Waals surface area contributed by atoms with Crippen molar-refractivity contribution in [1.82, 2.24) is 15.5 Å². The molecule has 2 aliphatic rings. The molecule has 0 radical (unpaired) electrons. The molecule has 1 saturated heterocycles. The average molecular weight is 438 g/mol. The van der Waals surface area contributed by atoms with Crippen LogP contribution in [-0.2, 0) is 4.74 Å². The molecule has 0 atom stereocenters. The van der Waals surface area contributed by atoms with Crippen LogP contribution in [-0.4, -0.2) is 63.8 Å². The van der Waals surface area contributed by atoms with E-state index < -0.39 is 0 Å². The topological polar surface area (TPSA) is 48.9 Å². The van der Waals surface area contributed by atoms with Gasteiger partial charge in [-0.05, 0) is 44.7 Å². The SMILES string of the molecule is CN=C(NCC1CCN(CCOC)CC1)NC1CCCCC1.I. The molecule has 0 aromatic rings. The fourth-order valence-electron chi connectivity index (χ4n) is 3.51. The second kappa shape index (κ2) is 12.3. The second-order valence-electron chi connectivity index (χ2n) is 6.71. The highest BCUT2D eigenvalue weighted by Crippen LogP contribution is 2.18. The number of aliphatic imine (C=N–C) groups is 1. The Morgan fingerprint density at radius 3 is 2.43 bits per heavy atom. The molecule has 2 N–H and O–H groups in total. The number of hydrogen-bond acceptors (Lipinski definition) is 3. The molecule has 6 heteroatoms. The molecule has 0 aromatic carbocycles. The summed E-state index contributed by atoms with van der Waals surface area (Å²) in [6, 6.07) is 0.621. The van der Waals surface area contributed by atoms with Crippen LogP contribution in [0.4, 0.5) is 0 Å². The molecule has 0 amide bonds. The zero-order chi connectivity index (χ0) is 15.6. The average Bonchev–Trinajstić information content (AvgIpc) is 2.58. The van der Waals surface area contributed by atoms with Gasteiger partial charge in [0, 0.05) is 33.3 Å². The zero-order valence-corrected chi connectivity index (χ0v) is 17.2. The predicted molar refractivity (Wildman–Crippen MR) is 108 cm³/mol. The van der Waals surface area contributed by atoms with Gasteiger partial charge in [0.05, 0.1) is 6.61 Å². The summed E-state index contributed by atoms with van der Waals surface area (Å²) in [4.78, 5) is 6.90. The summed E-state index contributed by atoms with van der Waals surface area (Å²) >= 11 is 0. The van der Waals surface area contributed by atoms with E-state index in [1.807, 2.05) is 7.05 Å². The standard InChI is InChI=1S/C17H34N4O.HI/c1-18-17(20-16-6-4-3-5-7-16)19-14-15-8-10-21(11-9-15)12-13-22-2;/h15-16H,3-14H2,1-2H3,(H2,18,19,20);1H. The van der Waals surface area contributed by atoms with Crippen molar-refractivity contribution in [3.8, 4) is 0 Å². The van der Waals surface area contributed by atoms with E-state index in [9.17, 15) is 0 Å². The van der Waals surface area contributed by atoms with Gasteiger partial charge in [0.15, 0.2) is 5.96 Å². The number of ether oxygens (including phenoxy) is 1. The lowest BCUT2D eigenvalue weighted by molar-refractivity contribution is 0.121. The minimum atomic E-state index is 0. The maximum absolute atomic E-state index is 5.16. The Labute approximate surface area is 159 Å². The molecule has 1 saturated carbocycles. The van der Waals surface area contributed by atoms with E-state index >= 15 is 0 Å². The van der Waals surface area contributed by atoms with Gasteiger partial charge in [0.2, 0.25) is 0 Å². The highest BCUT2D eigenvalue weighted by atomic mass is 127. The molecular formula is C17H35IN4O. The van der Waals surface area contributed by atoms with Gasteiger partial charge in [-0.2, -0.15) is 0 Å². The van der Waals surface area contributed by atoms with E-state index in [1.165, 1.54) is 58.0 Å². The quantitative estimate of drug-likeness (QED) is 0.380. The van der Waals surface area contributed by atoms with Crippen molar-refractivity contribution in [3.63, 3.8) is 0 Å². The minimum absolute atomic E-state index is 0. The van der Waals surface area contributed by atoms with Crippen molar-refractivity contribution in [2.45, 2.75) is 51.0 Å². The van der Waals surface area contributed by atoms with Crippen molar-refractivity contribution >= 4 is 29.9 Å². The molecule has 5 nitrogen and oxygen atoms in total.